The van der Waals surface area contributed by atoms with Gasteiger partial charge in [0.25, 0.3) is 0 Å². The van der Waals surface area contributed by atoms with Crippen LogP contribution in [0.2, 0.25) is 0 Å². The van der Waals surface area contributed by atoms with Gasteiger partial charge in [-0.1, -0.05) is 6.07 Å². The van der Waals surface area contributed by atoms with E-state index in [1.807, 2.05) is 6.07 Å². The van der Waals surface area contributed by atoms with Crippen LogP contribution in [0.25, 0.3) is 0 Å². The molecule has 1 aromatic rings. The number of hydrogen-bond acceptors (Lipinski definition) is 4. The van der Waals surface area contributed by atoms with E-state index >= 15 is 0 Å². The summed E-state index contributed by atoms with van der Waals surface area (Å²) in [7, 11) is 1.71. The van der Waals surface area contributed by atoms with Gasteiger partial charge in [0.15, 0.2) is 5.78 Å². The summed E-state index contributed by atoms with van der Waals surface area (Å²) in [5.74, 6) is -0.659. The number of anilines is 1. The van der Waals surface area contributed by atoms with Gasteiger partial charge in [0.1, 0.15) is 5.82 Å². The van der Waals surface area contributed by atoms with Crippen LogP contribution in [0.3, 0.4) is 0 Å². The number of rotatable bonds is 5. The maximum Gasteiger partial charge on any atom is 0.164 e. The van der Waals surface area contributed by atoms with Gasteiger partial charge in [-0.2, -0.15) is 0 Å². The Morgan fingerprint density at radius 3 is 2.57 bits per heavy atom. The van der Waals surface area contributed by atoms with Crippen molar-refractivity contribution in [1.82, 2.24) is 4.90 Å². The summed E-state index contributed by atoms with van der Waals surface area (Å²) in [6.07, 6.45) is 0. The SMILES string of the molecule is COC[C@H](C)N1CCN(c2cccc(F)c2C(C)=O)CC1. The Balaban J connectivity index is 2.09. The topological polar surface area (TPSA) is 32.8 Å². The molecule has 0 spiro atoms. The van der Waals surface area contributed by atoms with Crippen LogP contribution in [-0.2, 0) is 4.74 Å². The highest BCUT2D eigenvalue weighted by atomic mass is 19.1. The molecule has 5 heteroatoms. The van der Waals surface area contributed by atoms with Crippen molar-refractivity contribution >= 4 is 11.5 Å². The molecular weight excluding hydrogens is 271 g/mol. The highest BCUT2D eigenvalue weighted by Gasteiger charge is 2.24. The summed E-state index contributed by atoms with van der Waals surface area (Å²) in [4.78, 5) is 16.1. The van der Waals surface area contributed by atoms with Crippen molar-refractivity contribution in [2.45, 2.75) is 19.9 Å². The van der Waals surface area contributed by atoms with Crippen molar-refractivity contribution in [3.05, 3.63) is 29.6 Å². The molecule has 1 fully saturated rings. The Labute approximate surface area is 125 Å². The number of ether oxygens (including phenoxy) is 1. The predicted octanol–water partition coefficient (Wildman–Crippen LogP) is 2.19. The van der Waals surface area contributed by atoms with Crippen molar-refractivity contribution in [2.24, 2.45) is 0 Å². The molecule has 1 atom stereocenters. The van der Waals surface area contributed by atoms with Gasteiger partial charge in [-0.05, 0) is 26.0 Å². The van der Waals surface area contributed by atoms with Gasteiger partial charge in [0, 0.05) is 39.3 Å². The van der Waals surface area contributed by atoms with Gasteiger partial charge in [-0.15, -0.1) is 0 Å². The number of methoxy groups -OCH3 is 1. The van der Waals surface area contributed by atoms with E-state index in [-0.39, 0.29) is 11.3 Å². The first-order chi connectivity index (χ1) is 10.0. The number of benzene rings is 1. The molecule has 0 aromatic heterocycles. The summed E-state index contributed by atoms with van der Waals surface area (Å²) in [6, 6.07) is 5.21. The number of Topliss-reactive ketones (excluding diaryl/α,β-unsaturated/α-hetero) is 1. The highest BCUT2D eigenvalue weighted by molar-refractivity contribution is 6.00. The third-order valence-corrected chi connectivity index (χ3v) is 4.03. The van der Waals surface area contributed by atoms with E-state index in [2.05, 4.69) is 16.7 Å². The van der Waals surface area contributed by atoms with E-state index in [4.69, 9.17) is 4.74 Å². The lowest BCUT2D eigenvalue weighted by molar-refractivity contribution is 0.0951. The van der Waals surface area contributed by atoms with Crippen molar-refractivity contribution < 1.29 is 13.9 Å². The molecule has 2 rings (SSSR count). The lowest BCUT2D eigenvalue weighted by atomic mass is 10.1. The predicted molar refractivity (Wildman–Crippen MR) is 81.5 cm³/mol. The van der Waals surface area contributed by atoms with E-state index in [9.17, 15) is 9.18 Å². The molecular formula is C16H23FN2O2. The molecule has 4 nitrogen and oxygen atoms in total. The van der Waals surface area contributed by atoms with Crippen LogP contribution in [0.4, 0.5) is 10.1 Å². The Morgan fingerprint density at radius 2 is 2.00 bits per heavy atom. The molecule has 21 heavy (non-hydrogen) atoms. The number of ketones is 1. The largest absolute Gasteiger partial charge is 0.383 e. The minimum Gasteiger partial charge on any atom is -0.383 e. The normalized spacial score (nSPS) is 17.8. The zero-order valence-electron chi connectivity index (χ0n) is 12.9. The number of halogens is 1. The van der Waals surface area contributed by atoms with Crippen molar-refractivity contribution in [2.75, 3.05) is 44.8 Å². The zero-order chi connectivity index (χ0) is 15.4. The van der Waals surface area contributed by atoms with Crippen molar-refractivity contribution in [1.29, 1.82) is 0 Å². The van der Waals surface area contributed by atoms with Crippen LogP contribution >= 0.6 is 0 Å². The zero-order valence-corrected chi connectivity index (χ0v) is 12.9. The fourth-order valence-corrected chi connectivity index (χ4v) is 2.88. The van der Waals surface area contributed by atoms with E-state index in [0.29, 0.717) is 18.3 Å². The van der Waals surface area contributed by atoms with Gasteiger partial charge < -0.3 is 9.64 Å². The summed E-state index contributed by atoms with van der Waals surface area (Å²) in [6.45, 7) is 7.62. The Hall–Kier alpha value is -1.46. The van der Waals surface area contributed by atoms with E-state index in [1.54, 1.807) is 13.2 Å². The van der Waals surface area contributed by atoms with Gasteiger partial charge in [0.2, 0.25) is 0 Å². The van der Waals surface area contributed by atoms with E-state index in [0.717, 1.165) is 26.2 Å². The average molecular weight is 294 g/mol. The number of nitrogens with zero attached hydrogens (tertiary/aromatic N) is 2. The monoisotopic (exact) mass is 294 g/mol. The molecule has 1 aliphatic heterocycles. The van der Waals surface area contributed by atoms with Crippen LogP contribution < -0.4 is 4.90 Å². The molecule has 0 unspecified atom stereocenters. The van der Waals surface area contributed by atoms with Crippen LogP contribution in [-0.4, -0.2) is 56.6 Å². The molecule has 1 aromatic carbocycles. The standard InChI is InChI=1S/C16H23FN2O2/c1-12(11-21-3)18-7-9-19(10-8-18)15-6-4-5-14(17)16(15)13(2)20/h4-6,12H,7-11H2,1-3H3/t12-/m0/s1. The second-order valence-electron chi connectivity index (χ2n) is 5.52. The first kappa shape index (κ1) is 15.9. The maximum absolute atomic E-state index is 13.9. The number of carbonyl (C=O) groups is 1. The summed E-state index contributed by atoms with van der Waals surface area (Å²) < 4.78 is 19.1. The van der Waals surface area contributed by atoms with Gasteiger partial charge in [-0.25, -0.2) is 4.39 Å². The quantitative estimate of drug-likeness (QED) is 0.779. The third kappa shape index (κ3) is 3.60. The average Bonchev–Trinajstić information content (AvgIpc) is 2.47. The van der Waals surface area contributed by atoms with E-state index < -0.39 is 5.82 Å². The third-order valence-electron chi connectivity index (χ3n) is 4.03. The summed E-state index contributed by atoms with van der Waals surface area (Å²) in [5.41, 5.74) is 0.914. The van der Waals surface area contributed by atoms with Crippen LogP contribution in [0.1, 0.15) is 24.2 Å². The minimum atomic E-state index is -0.435. The number of hydrogen-bond donors (Lipinski definition) is 0. The van der Waals surface area contributed by atoms with Crippen LogP contribution in [0.15, 0.2) is 18.2 Å². The van der Waals surface area contributed by atoms with Crippen molar-refractivity contribution in [3.8, 4) is 0 Å². The van der Waals surface area contributed by atoms with E-state index in [1.165, 1.54) is 13.0 Å². The number of carbonyl (C=O) groups excluding carboxylic acids is 1. The smallest absolute Gasteiger partial charge is 0.164 e. The Bertz CT molecular complexity index is 499. The second-order valence-corrected chi connectivity index (χ2v) is 5.52. The minimum absolute atomic E-state index is 0.205. The fraction of sp³-hybridized carbons (Fsp3) is 0.562. The fourth-order valence-electron chi connectivity index (χ4n) is 2.88. The lowest BCUT2D eigenvalue weighted by Crippen LogP contribution is -2.51. The molecule has 1 saturated heterocycles. The number of piperazine rings is 1. The highest BCUT2D eigenvalue weighted by Crippen LogP contribution is 2.25. The summed E-state index contributed by atoms with van der Waals surface area (Å²) in [5, 5.41) is 0. The summed E-state index contributed by atoms with van der Waals surface area (Å²) >= 11 is 0. The van der Waals surface area contributed by atoms with Gasteiger partial charge in [-0.3, -0.25) is 9.69 Å². The first-order valence-corrected chi connectivity index (χ1v) is 7.32. The van der Waals surface area contributed by atoms with Crippen molar-refractivity contribution in [3.63, 3.8) is 0 Å². The molecule has 0 radical (unpaired) electrons. The second kappa shape index (κ2) is 7.00. The molecule has 0 amide bonds. The first-order valence-electron chi connectivity index (χ1n) is 7.32. The van der Waals surface area contributed by atoms with Crippen LogP contribution in [0, 0.1) is 5.82 Å². The Morgan fingerprint density at radius 1 is 1.33 bits per heavy atom. The molecule has 0 bridgehead atoms. The van der Waals surface area contributed by atoms with Gasteiger partial charge >= 0.3 is 0 Å². The molecule has 1 aliphatic rings. The molecule has 0 N–H and O–H groups in total. The molecule has 0 saturated carbocycles. The lowest BCUT2D eigenvalue weighted by Gasteiger charge is -2.39. The maximum atomic E-state index is 13.9. The molecule has 1 heterocycles. The molecule has 116 valence electrons. The van der Waals surface area contributed by atoms with Gasteiger partial charge in [0.05, 0.1) is 17.9 Å². The van der Waals surface area contributed by atoms with Crippen LogP contribution in [0.5, 0.6) is 0 Å². The Kier molecular flexibility index (Phi) is 5.31. The molecule has 0 aliphatic carbocycles.